The molecule has 0 aromatic carbocycles. The Hall–Kier alpha value is -3.29. The second kappa shape index (κ2) is 5.85. The summed E-state index contributed by atoms with van der Waals surface area (Å²) in [5, 5.41) is 7.44. The summed E-state index contributed by atoms with van der Waals surface area (Å²) in [6, 6.07) is 5.88. The molecule has 1 aliphatic carbocycles. The Balaban J connectivity index is 0.00000205. The van der Waals surface area contributed by atoms with Crippen LogP contribution in [0.3, 0.4) is 0 Å². The molecule has 7 nitrogen and oxygen atoms in total. The van der Waals surface area contributed by atoms with Crippen molar-refractivity contribution in [3.8, 4) is 11.3 Å². The van der Waals surface area contributed by atoms with E-state index >= 15 is 0 Å². The summed E-state index contributed by atoms with van der Waals surface area (Å²) < 4.78 is 18.0. The Bertz CT molecular complexity index is 1230. The van der Waals surface area contributed by atoms with Crippen LogP contribution in [0.2, 0.25) is 0 Å². The van der Waals surface area contributed by atoms with Gasteiger partial charge >= 0.3 is 0 Å². The third kappa shape index (κ3) is 2.64. The summed E-state index contributed by atoms with van der Waals surface area (Å²) in [5.74, 6) is 1.32. The van der Waals surface area contributed by atoms with Gasteiger partial charge in [0.2, 0.25) is 5.95 Å². The number of anilines is 1. The van der Waals surface area contributed by atoms with E-state index in [0.717, 1.165) is 39.3 Å². The smallest absolute Gasteiger partial charge is 0.241 e. The molecule has 8 heteroatoms. The van der Waals surface area contributed by atoms with Crippen molar-refractivity contribution in [3.63, 3.8) is 0 Å². The predicted octanol–water partition coefficient (Wildman–Crippen LogP) is 3.70. The van der Waals surface area contributed by atoms with E-state index in [9.17, 15) is 4.39 Å². The van der Waals surface area contributed by atoms with E-state index in [-0.39, 0.29) is 7.97 Å². The SMILES string of the molecule is C=C1CC(F)(CNc2ncc3c(-c4ccc5nc(C)n(C)c5n4)ccn3n2)C1.[HH]. The number of hydrogen-bond acceptors (Lipinski definition) is 5. The van der Waals surface area contributed by atoms with Gasteiger partial charge in [-0.3, -0.25) is 0 Å². The fourth-order valence-corrected chi connectivity index (χ4v) is 3.73. The van der Waals surface area contributed by atoms with Crippen LogP contribution < -0.4 is 5.32 Å². The quantitative estimate of drug-likeness (QED) is 0.547. The van der Waals surface area contributed by atoms with Crippen LogP contribution in [0.5, 0.6) is 0 Å². The Labute approximate surface area is 162 Å². The summed E-state index contributed by atoms with van der Waals surface area (Å²) in [5.41, 5.74) is 4.02. The maximum Gasteiger partial charge on any atom is 0.241 e. The fourth-order valence-electron chi connectivity index (χ4n) is 3.73. The van der Waals surface area contributed by atoms with Crippen molar-refractivity contribution in [2.24, 2.45) is 7.05 Å². The van der Waals surface area contributed by atoms with Crippen LogP contribution in [0.25, 0.3) is 27.9 Å². The maximum absolute atomic E-state index is 14.3. The summed E-state index contributed by atoms with van der Waals surface area (Å²) in [7, 11) is 1.95. The van der Waals surface area contributed by atoms with E-state index in [1.54, 1.807) is 10.7 Å². The van der Waals surface area contributed by atoms with Crippen molar-refractivity contribution in [1.82, 2.24) is 29.1 Å². The molecule has 0 amide bonds. The first-order valence-electron chi connectivity index (χ1n) is 9.16. The van der Waals surface area contributed by atoms with Gasteiger partial charge in [-0.1, -0.05) is 12.2 Å². The van der Waals surface area contributed by atoms with Gasteiger partial charge in [-0.15, -0.1) is 5.10 Å². The van der Waals surface area contributed by atoms with Crippen LogP contribution in [-0.4, -0.2) is 41.3 Å². The lowest BCUT2D eigenvalue weighted by Crippen LogP contribution is -2.40. The standard InChI is InChI=1S/C20H20FN7.H2/c1-12-8-20(21,9-12)11-23-19-22-10-17-14(6-7-28(17)26-19)15-4-5-16-18(25-15)27(3)13(2)24-16;/h4-7,10H,1,8-9,11H2,2-3H3,(H,23,26);1H. The molecule has 28 heavy (non-hydrogen) atoms. The van der Waals surface area contributed by atoms with Gasteiger partial charge in [-0.05, 0) is 25.1 Å². The van der Waals surface area contributed by atoms with Gasteiger partial charge in [-0.2, -0.15) is 0 Å². The fraction of sp³-hybridized carbons (Fsp3) is 0.300. The highest BCUT2D eigenvalue weighted by molar-refractivity contribution is 5.82. The average molecular weight is 379 g/mol. The summed E-state index contributed by atoms with van der Waals surface area (Å²) in [6.07, 6.45) is 4.39. The van der Waals surface area contributed by atoms with Crippen LogP contribution in [0, 0.1) is 6.92 Å². The highest BCUT2D eigenvalue weighted by Crippen LogP contribution is 2.39. The molecule has 5 rings (SSSR count). The molecule has 0 atom stereocenters. The number of nitrogens with zero attached hydrogens (tertiary/aromatic N) is 6. The molecule has 4 aromatic rings. The number of allylic oxidation sites excluding steroid dienone is 1. The van der Waals surface area contributed by atoms with E-state index < -0.39 is 5.67 Å². The number of alkyl halides is 1. The first kappa shape index (κ1) is 16.9. The lowest BCUT2D eigenvalue weighted by molar-refractivity contribution is 0.128. The molecule has 4 heterocycles. The van der Waals surface area contributed by atoms with Crippen molar-refractivity contribution in [3.05, 3.63) is 48.6 Å². The zero-order valence-electron chi connectivity index (χ0n) is 15.8. The topological polar surface area (TPSA) is 72.9 Å². The van der Waals surface area contributed by atoms with Crippen LogP contribution in [0.15, 0.2) is 42.7 Å². The van der Waals surface area contributed by atoms with E-state index in [0.29, 0.717) is 18.8 Å². The lowest BCUT2D eigenvalue weighted by Gasteiger charge is -2.35. The molecule has 0 bridgehead atoms. The van der Waals surface area contributed by atoms with Gasteiger partial charge in [0.1, 0.15) is 17.0 Å². The van der Waals surface area contributed by atoms with Gasteiger partial charge in [0.15, 0.2) is 5.65 Å². The molecule has 4 aromatic heterocycles. The minimum atomic E-state index is -1.24. The minimum absolute atomic E-state index is 0. The zero-order valence-corrected chi connectivity index (χ0v) is 15.8. The summed E-state index contributed by atoms with van der Waals surface area (Å²) in [4.78, 5) is 13.6. The van der Waals surface area contributed by atoms with Gasteiger partial charge < -0.3 is 9.88 Å². The molecule has 1 fully saturated rings. The van der Waals surface area contributed by atoms with E-state index in [4.69, 9.17) is 4.98 Å². The monoisotopic (exact) mass is 379 g/mol. The number of aryl methyl sites for hydroxylation is 2. The number of imidazole rings is 1. The number of hydrogen-bond donors (Lipinski definition) is 1. The first-order chi connectivity index (χ1) is 13.4. The van der Waals surface area contributed by atoms with E-state index in [2.05, 4.69) is 27.0 Å². The Kier molecular flexibility index (Phi) is 3.52. The van der Waals surface area contributed by atoms with E-state index in [1.165, 1.54) is 0 Å². The van der Waals surface area contributed by atoms with Crippen molar-refractivity contribution in [2.75, 3.05) is 11.9 Å². The van der Waals surface area contributed by atoms with Crippen LogP contribution >= 0.6 is 0 Å². The van der Waals surface area contributed by atoms with Gasteiger partial charge in [0, 0.05) is 33.1 Å². The number of nitrogens with one attached hydrogen (secondary N) is 1. The molecular formula is C20H22FN7. The molecule has 0 radical (unpaired) electrons. The number of fused-ring (bicyclic) bond motifs is 2. The summed E-state index contributed by atoms with van der Waals surface area (Å²) >= 11 is 0. The maximum atomic E-state index is 14.3. The molecule has 1 N–H and O–H groups in total. The highest BCUT2D eigenvalue weighted by Gasteiger charge is 2.39. The van der Waals surface area contributed by atoms with Crippen molar-refractivity contribution < 1.29 is 5.82 Å². The molecule has 0 unspecified atom stereocenters. The Morgan fingerprint density at radius 2 is 2.11 bits per heavy atom. The van der Waals surface area contributed by atoms with Gasteiger partial charge in [0.05, 0.1) is 24.0 Å². The molecule has 144 valence electrons. The number of aromatic nitrogens is 6. The zero-order chi connectivity index (χ0) is 19.5. The molecule has 0 saturated heterocycles. The minimum Gasteiger partial charge on any atom is -0.350 e. The average Bonchev–Trinajstić information content (AvgIpc) is 3.19. The molecule has 0 spiro atoms. The molecule has 0 aliphatic heterocycles. The highest BCUT2D eigenvalue weighted by atomic mass is 19.1. The van der Waals surface area contributed by atoms with Crippen molar-refractivity contribution in [2.45, 2.75) is 25.4 Å². The molecular weight excluding hydrogens is 357 g/mol. The number of pyridine rings is 1. The summed E-state index contributed by atoms with van der Waals surface area (Å²) in [6.45, 7) is 5.94. The van der Waals surface area contributed by atoms with Crippen molar-refractivity contribution >= 4 is 22.6 Å². The van der Waals surface area contributed by atoms with Crippen molar-refractivity contribution in [1.29, 1.82) is 0 Å². The second-order valence-corrected chi connectivity index (χ2v) is 7.51. The third-order valence-corrected chi connectivity index (χ3v) is 5.33. The number of rotatable bonds is 4. The Morgan fingerprint density at radius 1 is 1.29 bits per heavy atom. The number of halogens is 1. The lowest BCUT2D eigenvalue weighted by atomic mass is 9.78. The second-order valence-electron chi connectivity index (χ2n) is 7.51. The van der Waals surface area contributed by atoms with Gasteiger partial charge in [-0.25, -0.2) is 23.9 Å². The third-order valence-electron chi connectivity index (χ3n) is 5.33. The van der Waals surface area contributed by atoms with Gasteiger partial charge in [0.25, 0.3) is 0 Å². The van der Waals surface area contributed by atoms with Crippen LogP contribution in [0.4, 0.5) is 10.3 Å². The largest absolute Gasteiger partial charge is 0.350 e. The molecule has 1 aliphatic rings. The Morgan fingerprint density at radius 3 is 2.89 bits per heavy atom. The van der Waals surface area contributed by atoms with E-state index in [1.807, 2.05) is 42.9 Å². The first-order valence-corrected chi connectivity index (χ1v) is 9.16. The van der Waals surface area contributed by atoms with Crippen LogP contribution in [0.1, 0.15) is 20.1 Å². The molecule has 1 saturated carbocycles. The predicted molar refractivity (Wildman–Crippen MR) is 108 cm³/mol. The van der Waals surface area contributed by atoms with Crippen LogP contribution in [-0.2, 0) is 7.05 Å². The normalized spacial score (nSPS) is 15.9.